The lowest BCUT2D eigenvalue weighted by Crippen LogP contribution is -2.54. The van der Waals surface area contributed by atoms with E-state index < -0.39 is 11.5 Å². The molecule has 0 bridgehead atoms. The number of piperazine rings is 1. The molecule has 0 saturated carbocycles. The minimum Gasteiger partial charge on any atom is -0.454 e. The number of rotatable bonds is 6. The van der Waals surface area contributed by atoms with Crippen molar-refractivity contribution in [3.05, 3.63) is 76.2 Å². The van der Waals surface area contributed by atoms with Gasteiger partial charge in [0, 0.05) is 44.5 Å². The minimum absolute atomic E-state index is 0.0138. The highest BCUT2D eigenvalue weighted by Gasteiger charge is 2.30. The number of fused-ring (bicyclic) bond motifs is 4. The summed E-state index contributed by atoms with van der Waals surface area (Å²) in [5.74, 6) is -0.0369. The van der Waals surface area contributed by atoms with E-state index in [9.17, 15) is 9.59 Å². The number of benzene rings is 1. The highest BCUT2D eigenvalue weighted by Crippen LogP contribution is 2.36. The van der Waals surface area contributed by atoms with Crippen LogP contribution in [0.1, 0.15) is 37.9 Å². The van der Waals surface area contributed by atoms with Gasteiger partial charge in [-0.1, -0.05) is 26.0 Å². The molecule has 6 rings (SSSR count). The highest BCUT2D eigenvalue weighted by atomic mass is 19.1. The molecule has 5 heterocycles. The lowest BCUT2D eigenvalue weighted by molar-refractivity contribution is -0.126. The van der Waals surface area contributed by atoms with Crippen molar-refractivity contribution in [2.24, 2.45) is 0 Å². The van der Waals surface area contributed by atoms with E-state index in [4.69, 9.17) is 9.40 Å². The second-order valence-corrected chi connectivity index (χ2v) is 12.0. The number of amides is 1. The first-order valence-electron chi connectivity index (χ1n) is 14.8. The number of furan rings is 1. The largest absolute Gasteiger partial charge is 0.454 e. The molecule has 10 nitrogen and oxygen atoms in total. The quantitative estimate of drug-likeness (QED) is 0.258. The average molecular weight is 598 g/mol. The zero-order valence-electron chi connectivity index (χ0n) is 25.8. The van der Waals surface area contributed by atoms with Crippen LogP contribution in [0.3, 0.4) is 0 Å². The molecule has 0 aliphatic carbocycles. The van der Waals surface area contributed by atoms with Crippen molar-refractivity contribution in [3.8, 4) is 5.69 Å². The van der Waals surface area contributed by atoms with E-state index in [-0.39, 0.29) is 23.3 Å². The minimum atomic E-state index is -0.511. The van der Waals surface area contributed by atoms with Gasteiger partial charge in [0.1, 0.15) is 22.7 Å². The van der Waals surface area contributed by atoms with Crippen LogP contribution < -0.4 is 10.6 Å². The number of nitrogens with zero attached hydrogens (tertiary/aromatic N) is 7. The van der Waals surface area contributed by atoms with Crippen LogP contribution in [0.15, 0.2) is 57.9 Å². The second kappa shape index (κ2) is 11.5. The Balaban J connectivity index is 1.54. The molecule has 1 aromatic carbocycles. The Morgan fingerprint density at radius 3 is 2.70 bits per heavy atom. The van der Waals surface area contributed by atoms with Gasteiger partial charge in [-0.15, -0.1) is 0 Å². The number of pyridine rings is 2. The first-order chi connectivity index (χ1) is 21.0. The fourth-order valence-electron chi connectivity index (χ4n) is 5.95. The predicted octanol–water partition coefficient (Wildman–Crippen LogP) is 4.80. The van der Waals surface area contributed by atoms with Gasteiger partial charge < -0.3 is 19.1 Å². The maximum atomic E-state index is 15.1. The lowest BCUT2D eigenvalue weighted by Gasteiger charge is -2.40. The fraction of sp³-hybridized carbons (Fsp3) is 0.364. The molecule has 1 saturated heterocycles. The summed E-state index contributed by atoms with van der Waals surface area (Å²) in [6, 6.07) is 8.17. The van der Waals surface area contributed by atoms with Gasteiger partial charge in [-0.3, -0.25) is 9.78 Å². The van der Waals surface area contributed by atoms with Crippen LogP contribution in [0.5, 0.6) is 0 Å². The third-order valence-corrected chi connectivity index (χ3v) is 8.11. The van der Waals surface area contributed by atoms with E-state index in [0.29, 0.717) is 65.4 Å². The molecular formula is C33H36FN7O3. The smallest absolute Gasteiger partial charge is 0.355 e. The monoisotopic (exact) mass is 597 g/mol. The summed E-state index contributed by atoms with van der Waals surface area (Å²) in [6.45, 7) is 10.0. The molecule has 0 radical (unpaired) electrons. The van der Waals surface area contributed by atoms with Gasteiger partial charge in [-0.2, -0.15) is 4.98 Å². The normalized spacial score (nSPS) is 16.1. The van der Waals surface area contributed by atoms with Crippen molar-refractivity contribution >= 4 is 44.8 Å². The van der Waals surface area contributed by atoms with Crippen LogP contribution in [0, 0.1) is 12.7 Å². The molecule has 1 fully saturated rings. The summed E-state index contributed by atoms with van der Waals surface area (Å²) in [5, 5.41) is 0.851. The first-order valence-corrected chi connectivity index (χ1v) is 14.8. The molecule has 44 heavy (non-hydrogen) atoms. The molecule has 5 aromatic rings. The van der Waals surface area contributed by atoms with Crippen LogP contribution in [0.2, 0.25) is 0 Å². The number of carbonyl (C=O) groups excluding carboxylic acids is 1. The summed E-state index contributed by atoms with van der Waals surface area (Å²) in [6.07, 6.45) is 5.19. The summed E-state index contributed by atoms with van der Waals surface area (Å²) in [7, 11) is 3.90. The SMILES string of the molecule is Cc1ccnc(C(C)C)c1-n1c(=O)nc(N2CCN(C(=O)/C=C/CN(C)C)C[C@@H]2C)c2cc3oc4cccc(F)c4c3nc21. The van der Waals surface area contributed by atoms with Gasteiger partial charge >= 0.3 is 5.69 Å². The Morgan fingerprint density at radius 1 is 1.18 bits per heavy atom. The van der Waals surface area contributed by atoms with Crippen LogP contribution >= 0.6 is 0 Å². The molecule has 1 aliphatic rings. The van der Waals surface area contributed by atoms with Crippen LogP contribution in [0.4, 0.5) is 10.2 Å². The Labute approximate surface area is 254 Å². The number of aryl methyl sites for hydroxylation is 1. The van der Waals surface area contributed by atoms with Crippen LogP contribution in [0.25, 0.3) is 38.8 Å². The Hall–Kier alpha value is -4.64. The Bertz CT molecular complexity index is 2000. The van der Waals surface area contributed by atoms with Crippen molar-refractivity contribution in [1.82, 2.24) is 29.3 Å². The van der Waals surface area contributed by atoms with Gasteiger partial charge in [0.15, 0.2) is 11.2 Å². The van der Waals surface area contributed by atoms with Gasteiger partial charge in [-0.25, -0.2) is 18.7 Å². The molecule has 4 aromatic heterocycles. The molecule has 228 valence electrons. The van der Waals surface area contributed by atoms with Crippen molar-refractivity contribution in [3.63, 3.8) is 0 Å². The van der Waals surface area contributed by atoms with Gasteiger partial charge in [-0.05, 0) is 63.7 Å². The van der Waals surface area contributed by atoms with E-state index in [1.54, 1.807) is 30.5 Å². The van der Waals surface area contributed by atoms with Crippen molar-refractivity contribution in [2.45, 2.75) is 39.7 Å². The third-order valence-electron chi connectivity index (χ3n) is 8.11. The van der Waals surface area contributed by atoms with Crippen molar-refractivity contribution in [1.29, 1.82) is 0 Å². The number of aromatic nitrogens is 4. The zero-order valence-corrected chi connectivity index (χ0v) is 25.8. The Morgan fingerprint density at radius 2 is 1.98 bits per heavy atom. The summed E-state index contributed by atoms with van der Waals surface area (Å²) in [5.41, 5.74) is 3.11. The van der Waals surface area contributed by atoms with E-state index in [2.05, 4.69) is 9.97 Å². The van der Waals surface area contributed by atoms with Gasteiger partial charge in [0.05, 0.1) is 22.2 Å². The fourth-order valence-corrected chi connectivity index (χ4v) is 5.95. The van der Waals surface area contributed by atoms with Crippen molar-refractivity contribution < 1.29 is 13.6 Å². The van der Waals surface area contributed by atoms with E-state index in [1.165, 1.54) is 10.6 Å². The summed E-state index contributed by atoms with van der Waals surface area (Å²) >= 11 is 0. The molecular weight excluding hydrogens is 561 g/mol. The molecule has 0 N–H and O–H groups in total. The van der Waals surface area contributed by atoms with Crippen LogP contribution in [-0.4, -0.2) is 81.5 Å². The van der Waals surface area contributed by atoms with E-state index >= 15 is 4.39 Å². The lowest BCUT2D eigenvalue weighted by atomic mass is 10.0. The van der Waals surface area contributed by atoms with Gasteiger partial charge in [0.25, 0.3) is 0 Å². The molecule has 11 heteroatoms. The molecule has 0 spiro atoms. The van der Waals surface area contributed by atoms with E-state index in [1.807, 2.05) is 68.6 Å². The maximum absolute atomic E-state index is 15.1. The number of halogens is 1. The molecule has 1 atom stereocenters. The highest BCUT2D eigenvalue weighted by molar-refractivity contribution is 6.07. The molecule has 1 aliphatic heterocycles. The second-order valence-electron chi connectivity index (χ2n) is 12.0. The topological polar surface area (TPSA) is 101 Å². The third kappa shape index (κ3) is 5.11. The summed E-state index contributed by atoms with van der Waals surface area (Å²) < 4.78 is 22.6. The predicted molar refractivity (Wildman–Crippen MR) is 170 cm³/mol. The standard InChI is InChI=1S/C33H36FN7O3/c1-19(2)28-30(20(3)12-13-35-28)41-32-22(17-25-29(36-32)27-23(34)9-7-10-24(27)44-25)31(37-33(41)43)40-16-15-39(18-21(40)4)26(42)11-8-14-38(5)6/h7-13,17,19,21H,14-16,18H2,1-6H3/b11-8+/t21-/m0/s1. The first kappa shape index (κ1) is 29.4. The van der Waals surface area contributed by atoms with Gasteiger partial charge in [0.2, 0.25) is 5.91 Å². The number of hydrogen-bond donors (Lipinski definition) is 0. The molecule has 0 unspecified atom stereocenters. The average Bonchev–Trinajstić information content (AvgIpc) is 3.34. The number of carbonyl (C=O) groups is 1. The van der Waals surface area contributed by atoms with Crippen LogP contribution in [-0.2, 0) is 4.79 Å². The van der Waals surface area contributed by atoms with E-state index in [0.717, 1.165) is 11.3 Å². The Kier molecular flexibility index (Phi) is 7.66. The molecule has 1 amide bonds. The maximum Gasteiger partial charge on any atom is 0.355 e. The summed E-state index contributed by atoms with van der Waals surface area (Å²) in [4.78, 5) is 47.0. The number of likely N-dealkylation sites (N-methyl/N-ethyl adjacent to an activating group) is 1. The number of anilines is 1. The van der Waals surface area contributed by atoms with Crippen molar-refractivity contribution in [2.75, 3.05) is 45.2 Å². The zero-order chi connectivity index (χ0) is 31.3. The number of hydrogen-bond acceptors (Lipinski definition) is 8.